The first-order valence-corrected chi connectivity index (χ1v) is 4.74. The minimum Gasteiger partial charge on any atom is -0.374 e. The van der Waals surface area contributed by atoms with Gasteiger partial charge in [-0.2, -0.15) is 0 Å². The Morgan fingerprint density at radius 3 is 2.92 bits per heavy atom. The van der Waals surface area contributed by atoms with Crippen molar-refractivity contribution >= 4 is 0 Å². The lowest BCUT2D eigenvalue weighted by Gasteiger charge is -2.18. The molecule has 0 radical (unpaired) electrons. The van der Waals surface area contributed by atoms with Crippen LogP contribution < -0.4 is 0 Å². The fourth-order valence-corrected chi connectivity index (χ4v) is 1.39. The van der Waals surface area contributed by atoms with Gasteiger partial charge >= 0.3 is 0 Å². The van der Waals surface area contributed by atoms with E-state index in [1.54, 1.807) is 0 Å². The maximum Gasteiger partial charge on any atom is 0.0795 e. The average molecular weight is 166 g/mol. The number of hydrogen-bond acceptors (Lipinski definition) is 1. The third kappa shape index (κ3) is 2.49. The van der Waals surface area contributed by atoms with Gasteiger partial charge in [-0.1, -0.05) is 32.1 Å². The lowest BCUT2D eigenvalue weighted by molar-refractivity contribution is 0.0968. The normalized spacial score (nSPS) is 23.0. The van der Waals surface area contributed by atoms with Crippen LogP contribution in [0.15, 0.2) is 23.8 Å². The molecule has 1 nitrogen and oxygen atoms in total. The van der Waals surface area contributed by atoms with Crippen molar-refractivity contribution in [3.63, 3.8) is 0 Å². The minimum absolute atomic E-state index is 0.317. The Morgan fingerprint density at radius 2 is 2.33 bits per heavy atom. The molecule has 1 atom stereocenters. The molecule has 0 bridgehead atoms. The molecule has 0 heterocycles. The highest BCUT2D eigenvalue weighted by Gasteiger charge is 2.10. The van der Waals surface area contributed by atoms with E-state index in [2.05, 4.69) is 32.1 Å². The first-order valence-electron chi connectivity index (χ1n) is 4.74. The van der Waals surface area contributed by atoms with E-state index in [0.717, 1.165) is 13.0 Å². The Morgan fingerprint density at radius 1 is 1.58 bits per heavy atom. The predicted octanol–water partition coefficient (Wildman–Crippen LogP) is 2.93. The molecule has 0 aromatic rings. The summed E-state index contributed by atoms with van der Waals surface area (Å²) in [7, 11) is 0. The van der Waals surface area contributed by atoms with E-state index in [1.807, 2.05) is 6.92 Å². The summed E-state index contributed by atoms with van der Waals surface area (Å²) in [5.74, 6) is 0.615. The first-order chi connectivity index (χ1) is 5.74. The van der Waals surface area contributed by atoms with Crippen LogP contribution in [-0.2, 0) is 4.74 Å². The van der Waals surface area contributed by atoms with E-state index < -0.39 is 0 Å². The van der Waals surface area contributed by atoms with Gasteiger partial charge in [-0.3, -0.25) is 0 Å². The molecule has 68 valence electrons. The van der Waals surface area contributed by atoms with Gasteiger partial charge in [0.25, 0.3) is 0 Å². The van der Waals surface area contributed by atoms with Crippen LogP contribution in [0.4, 0.5) is 0 Å². The van der Waals surface area contributed by atoms with E-state index in [0.29, 0.717) is 12.0 Å². The molecule has 0 saturated carbocycles. The van der Waals surface area contributed by atoms with Crippen LogP contribution in [-0.4, -0.2) is 12.7 Å². The van der Waals surface area contributed by atoms with Gasteiger partial charge < -0.3 is 4.74 Å². The Bertz CT molecular complexity index is 189. The molecule has 12 heavy (non-hydrogen) atoms. The summed E-state index contributed by atoms with van der Waals surface area (Å²) in [6, 6.07) is 0. The maximum atomic E-state index is 5.54. The van der Waals surface area contributed by atoms with Crippen molar-refractivity contribution in [2.45, 2.75) is 33.3 Å². The number of allylic oxidation sites excluding steroid dienone is 2. The molecule has 0 fully saturated rings. The van der Waals surface area contributed by atoms with E-state index in [9.17, 15) is 0 Å². The minimum atomic E-state index is 0.317. The van der Waals surface area contributed by atoms with Gasteiger partial charge in [0, 0.05) is 6.61 Å². The van der Waals surface area contributed by atoms with E-state index >= 15 is 0 Å². The molecule has 1 rings (SSSR count). The summed E-state index contributed by atoms with van der Waals surface area (Å²) in [5, 5.41) is 0. The van der Waals surface area contributed by atoms with Crippen molar-refractivity contribution in [3.8, 4) is 0 Å². The third-order valence-corrected chi connectivity index (χ3v) is 2.10. The highest BCUT2D eigenvalue weighted by Crippen LogP contribution is 2.19. The lowest BCUT2D eigenvalue weighted by Crippen LogP contribution is -2.13. The second-order valence-corrected chi connectivity index (χ2v) is 3.45. The maximum absolute atomic E-state index is 5.54. The zero-order valence-electron chi connectivity index (χ0n) is 8.21. The van der Waals surface area contributed by atoms with Crippen LogP contribution in [0.2, 0.25) is 0 Å². The highest BCUT2D eigenvalue weighted by atomic mass is 16.5. The van der Waals surface area contributed by atoms with Gasteiger partial charge in [0.15, 0.2) is 0 Å². The Hall–Kier alpha value is -0.560. The van der Waals surface area contributed by atoms with Gasteiger partial charge in [-0.05, 0) is 24.8 Å². The molecule has 0 aliphatic heterocycles. The molecule has 1 aliphatic carbocycles. The second kappa shape index (κ2) is 4.46. The zero-order valence-corrected chi connectivity index (χ0v) is 8.21. The van der Waals surface area contributed by atoms with Crippen LogP contribution >= 0.6 is 0 Å². The molecule has 1 unspecified atom stereocenters. The quantitative estimate of drug-likeness (QED) is 0.626. The van der Waals surface area contributed by atoms with E-state index in [1.165, 1.54) is 5.57 Å². The van der Waals surface area contributed by atoms with Gasteiger partial charge in [0.2, 0.25) is 0 Å². The molecular formula is C11H18O. The van der Waals surface area contributed by atoms with Crippen molar-refractivity contribution < 1.29 is 4.74 Å². The second-order valence-electron chi connectivity index (χ2n) is 3.45. The standard InChI is InChI=1S/C11H18O/c1-4-12-11-7-5-6-10(8-11)9(2)3/h5-6,8-9,11H,4,7H2,1-3H3. The van der Waals surface area contributed by atoms with Crippen LogP contribution in [0.3, 0.4) is 0 Å². The first kappa shape index (κ1) is 9.53. The van der Waals surface area contributed by atoms with Crippen molar-refractivity contribution in [2.24, 2.45) is 5.92 Å². The monoisotopic (exact) mass is 166 g/mol. The van der Waals surface area contributed by atoms with Gasteiger partial charge in [0.05, 0.1) is 6.10 Å². The molecule has 1 aliphatic rings. The number of hydrogen-bond donors (Lipinski definition) is 0. The van der Waals surface area contributed by atoms with Crippen LogP contribution in [0.5, 0.6) is 0 Å². The number of rotatable bonds is 3. The Kier molecular flexibility index (Phi) is 3.54. The lowest BCUT2D eigenvalue weighted by atomic mass is 9.96. The molecule has 0 aromatic heterocycles. The number of ether oxygens (including phenoxy) is 1. The summed E-state index contributed by atoms with van der Waals surface area (Å²) < 4.78 is 5.54. The molecule has 0 aromatic carbocycles. The van der Waals surface area contributed by atoms with Crippen LogP contribution in [0.25, 0.3) is 0 Å². The molecule has 0 N–H and O–H groups in total. The molecule has 1 heteroatoms. The van der Waals surface area contributed by atoms with Crippen molar-refractivity contribution in [1.82, 2.24) is 0 Å². The fourth-order valence-electron chi connectivity index (χ4n) is 1.39. The van der Waals surface area contributed by atoms with Crippen LogP contribution in [0, 0.1) is 5.92 Å². The predicted molar refractivity (Wildman–Crippen MR) is 52.1 cm³/mol. The topological polar surface area (TPSA) is 9.23 Å². The summed E-state index contributed by atoms with van der Waals surface area (Å²) in [6.45, 7) is 7.27. The van der Waals surface area contributed by atoms with Gasteiger partial charge in [-0.15, -0.1) is 0 Å². The van der Waals surface area contributed by atoms with E-state index in [4.69, 9.17) is 4.74 Å². The summed E-state index contributed by atoms with van der Waals surface area (Å²) in [5.41, 5.74) is 1.40. The van der Waals surface area contributed by atoms with Crippen molar-refractivity contribution in [2.75, 3.05) is 6.61 Å². The third-order valence-electron chi connectivity index (χ3n) is 2.10. The van der Waals surface area contributed by atoms with Crippen molar-refractivity contribution in [3.05, 3.63) is 23.8 Å². The summed E-state index contributed by atoms with van der Waals surface area (Å²) in [6.07, 6.45) is 8.01. The molecule has 0 amide bonds. The van der Waals surface area contributed by atoms with E-state index in [-0.39, 0.29) is 0 Å². The largest absolute Gasteiger partial charge is 0.374 e. The summed E-state index contributed by atoms with van der Waals surface area (Å²) in [4.78, 5) is 0. The smallest absolute Gasteiger partial charge is 0.0795 e. The molecule has 0 saturated heterocycles. The van der Waals surface area contributed by atoms with Gasteiger partial charge in [-0.25, -0.2) is 0 Å². The van der Waals surface area contributed by atoms with Crippen molar-refractivity contribution in [1.29, 1.82) is 0 Å². The summed E-state index contributed by atoms with van der Waals surface area (Å²) >= 11 is 0. The molecular weight excluding hydrogens is 148 g/mol. The average Bonchev–Trinajstić information content (AvgIpc) is 2.05. The SMILES string of the molecule is CCOC1C=C(C(C)C)C=CC1. The Balaban J connectivity index is 2.56. The highest BCUT2D eigenvalue weighted by molar-refractivity contribution is 5.26. The molecule has 0 spiro atoms. The fraction of sp³-hybridized carbons (Fsp3) is 0.636. The van der Waals surface area contributed by atoms with Crippen LogP contribution in [0.1, 0.15) is 27.2 Å². The zero-order chi connectivity index (χ0) is 8.97. The Labute approximate surface area is 75.1 Å². The van der Waals surface area contributed by atoms with Gasteiger partial charge in [0.1, 0.15) is 0 Å².